The average Bonchev–Trinajstić information content (AvgIpc) is 2.81. The lowest BCUT2D eigenvalue weighted by atomic mass is 9.70. The van der Waals surface area contributed by atoms with E-state index in [0.717, 1.165) is 17.9 Å². The molecule has 3 unspecified atom stereocenters. The van der Waals surface area contributed by atoms with Crippen molar-refractivity contribution >= 4 is 6.08 Å². The van der Waals surface area contributed by atoms with Crippen LogP contribution >= 0.6 is 0 Å². The minimum atomic E-state index is 0.256. The van der Waals surface area contributed by atoms with Crippen LogP contribution in [0.25, 0.3) is 6.08 Å². The van der Waals surface area contributed by atoms with Crippen molar-refractivity contribution in [3.63, 3.8) is 0 Å². The second kappa shape index (κ2) is 5.08. The second-order valence-electron chi connectivity index (χ2n) is 7.30. The molecule has 21 heavy (non-hydrogen) atoms. The molecule has 0 heterocycles. The Morgan fingerprint density at radius 3 is 2.43 bits per heavy atom. The SMILES string of the molecule is COC(=Cc1ccccc1)OC1CC2CCC1(C)C2(C)C. The monoisotopic (exact) mass is 286 g/mol. The largest absolute Gasteiger partial charge is 0.469 e. The summed E-state index contributed by atoms with van der Waals surface area (Å²) in [7, 11) is 1.69. The van der Waals surface area contributed by atoms with Gasteiger partial charge in [0.15, 0.2) is 0 Å². The van der Waals surface area contributed by atoms with Crippen molar-refractivity contribution in [2.24, 2.45) is 16.7 Å². The summed E-state index contributed by atoms with van der Waals surface area (Å²) >= 11 is 0. The third-order valence-corrected chi connectivity index (χ3v) is 6.26. The van der Waals surface area contributed by atoms with Gasteiger partial charge in [-0.25, -0.2) is 0 Å². The fourth-order valence-electron chi connectivity index (χ4n) is 4.28. The first kappa shape index (κ1) is 14.5. The first-order chi connectivity index (χ1) is 9.97. The van der Waals surface area contributed by atoms with E-state index in [0.29, 0.717) is 11.4 Å². The fourth-order valence-corrected chi connectivity index (χ4v) is 4.28. The van der Waals surface area contributed by atoms with Gasteiger partial charge >= 0.3 is 0 Å². The molecule has 0 aliphatic heterocycles. The standard InChI is InChI=1S/C19H26O2/c1-18(2)15-10-11-19(18,3)16(13-15)21-17(20-4)12-14-8-6-5-7-9-14/h5-9,12,15-16H,10-11,13H2,1-4H3. The molecule has 2 heteroatoms. The van der Waals surface area contributed by atoms with E-state index >= 15 is 0 Å². The van der Waals surface area contributed by atoms with Crippen molar-refractivity contribution in [1.29, 1.82) is 0 Å². The third-order valence-electron chi connectivity index (χ3n) is 6.26. The molecule has 1 aromatic carbocycles. The maximum absolute atomic E-state index is 6.28. The summed E-state index contributed by atoms with van der Waals surface area (Å²) in [5.41, 5.74) is 1.73. The maximum atomic E-state index is 6.28. The van der Waals surface area contributed by atoms with Crippen molar-refractivity contribution in [1.82, 2.24) is 0 Å². The third kappa shape index (κ3) is 2.25. The van der Waals surface area contributed by atoms with Gasteiger partial charge in [-0.05, 0) is 36.2 Å². The summed E-state index contributed by atoms with van der Waals surface area (Å²) in [5, 5.41) is 0. The zero-order valence-corrected chi connectivity index (χ0v) is 13.6. The summed E-state index contributed by atoms with van der Waals surface area (Å²) in [6, 6.07) is 10.2. The molecule has 3 atom stereocenters. The van der Waals surface area contributed by atoms with Crippen molar-refractivity contribution in [2.45, 2.75) is 46.1 Å². The van der Waals surface area contributed by atoms with E-state index in [4.69, 9.17) is 9.47 Å². The molecule has 2 aliphatic carbocycles. The number of rotatable bonds is 4. The van der Waals surface area contributed by atoms with Crippen LogP contribution in [0.15, 0.2) is 36.3 Å². The lowest BCUT2D eigenvalue weighted by molar-refractivity contribution is -0.0588. The van der Waals surface area contributed by atoms with Gasteiger partial charge in [0.2, 0.25) is 0 Å². The zero-order valence-electron chi connectivity index (χ0n) is 13.6. The van der Waals surface area contributed by atoms with Gasteiger partial charge in [0.05, 0.1) is 7.11 Å². The van der Waals surface area contributed by atoms with Crippen LogP contribution in [-0.2, 0) is 9.47 Å². The quantitative estimate of drug-likeness (QED) is 0.736. The van der Waals surface area contributed by atoms with Gasteiger partial charge in [0, 0.05) is 11.5 Å². The van der Waals surface area contributed by atoms with Gasteiger partial charge < -0.3 is 9.47 Å². The van der Waals surface area contributed by atoms with Crippen LogP contribution in [-0.4, -0.2) is 13.2 Å². The van der Waals surface area contributed by atoms with E-state index in [1.165, 1.54) is 12.8 Å². The van der Waals surface area contributed by atoms with Crippen LogP contribution in [0.3, 0.4) is 0 Å². The fraction of sp³-hybridized carbons (Fsp3) is 0.579. The van der Waals surface area contributed by atoms with Crippen molar-refractivity contribution in [3.8, 4) is 0 Å². The Balaban J connectivity index is 1.79. The van der Waals surface area contributed by atoms with Gasteiger partial charge in [-0.2, -0.15) is 0 Å². The highest BCUT2D eigenvalue weighted by Crippen LogP contribution is 2.66. The molecule has 2 fully saturated rings. The maximum Gasteiger partial charge on any atom is 0.279 e. The number of fused-ring (bicyclic) bond motifs is 2. The molecular weight excluding hydrogens is 260 g/mol. The van der Waals surface area contributed by atoms with Crippen molar-refractivity contribution < 1.29 is 9.47 Å². The second-order valence-corrected chi connectivity index (χ2v) is 7.30. The summed E-state index contributed by atoms with van der Waals surface area (Å²) in [5.74, 6) is 1.41. The van der Waals surface area contributed by atoms with E-state index in [1.807, 2.05) is 24.3 Å². The molecule has 2 bridgehead atoms. The predicted octanol–water partition coefficient (Wildman–Crippen LogP) is 4.86. The highest BCUT2D eigenvalue weighted by Gasteiger charge is 2.62. The van der Waals surface area contributed by atoms with Crippen molar-refractivity contribution in [3.05, 3.63) is 41.8 Å². The number of hydrogen-bond donors (Lipinski definition) is 0. The smallest absolute Gasteiger partial charge is 0.279 e. The van der Waals surface area contributed by atoms with E-state index in [1.54, 1.807) is 7.11 Å². The van der Waals surface area contributed by atoms with Crippen LogP contribution in [0.5, 0.6) is 0 Å². The van der Waals surface area contributed by atoms with Crippen LogP contribution in [0.4, 0.5) is 0 Å². The number of ether oxygens (including phenoxy) is 2. The van der Waals surface area contributed by atoms with Gasteiger partial charge in [-0.3, -0.25) is 0 Å². The summed E-state index contributed by atoms with van der Waals surface area (Å²) in [6.07, 6.45) is 6.01. The van der Waals surface area contributed by atoms with Crippen LogP contribution in [0, 0.1) is 16.7 Å². The molecule has 0 amide bonds. The van der Waals surface area contributed by atoms with Gasteiger partial charge in [-0.15, -0.1) is 0 Å². The van der Waals surface area contributed by atoms with E-state index in [2.05, 4.69) is 32.9 Å². The van der Waals surface area contributed by atoms with Gasteiger partial charge in [0.25, 0.3) is 5.95 Å². The number of hydrogen-bond acceptors (Lipinski definition) is 2. The first-order valence-corrected chi connectivity index (χ1v) is 7.95. The summed E-state index contributed by atoms with van der Waals surface area (Å²) in [6.45, 7) is 7.20. The molecule has 2 saturated carbocycles. The van der Waals surface area contributed by atoms with E-state index in [9.17, 15) is 0 Å². The molecule has 0 spiro atoms. The van der Waals surface area contributed by atoms with Crippen LogP contribution < -0.4 is 0 Å². The summed E-state index contributed by atoms with van der Waals surface area (Å²) in [4.78, 5) is 0. The lowest BCUT2D eigenvalue weighted by Crippen LogP contribution is -2.37. The Morgan fingerprint density at radius 2 is 1.90 bits per heavy atom. The molecule has 0 saturated heterocycles. The Bertz CT molecular complexity index is 532. The lowest BCUT2D eigenvalue weighted by Gasteiger charge is -2.38. The van der Waals surface area contributed by atoms with Gasteiger partial charge in [0.1, 0.15) is 6.10 Å². The number of methoxy groups -OCH3 is 1. The molecule has 3 rings (SSSR count). The minimum Gasteiger partial charge on any atom is -0.469 e. The Hall–Kier alpha value is -1.44. The highest BCUT2D eigenvalue weighted by atomic mass is 16.7. The molecule has 0 N–H and O–H groups in total. The normalized spacial score (nSPS) is 34.0. The Kier molecular flexibility index (Phi) is 3.51. The highest BCUT2D eigenvalue weighted by molar-refractivity contribution is 5.49. The summed E-state index contributed by atoms with van der Waals surface area (Å²) < 4.78 is 11.8. The number of benzene rings is 1. The van der Waals surface area contributed by atoms with Crippen molar-refractivity contribution in [2.75, 3.05) is 7.11 Å². The van der Waals surface area contributed by atoms with Crippen LogP contribution in [0.1, 0.15) is 45.6 Å². The van der Waals surface area contributed by atoms with E-state index in [-0.39, 0.29) is 11.5 Å². The first-order valence-electron chi connectivity index (χ1n) is 7.95. The minimum absolute atomic E-state index is 0.256. The molecular formula is C19H26O2. The molecule has 0 aromatic heterocycles. The molecule has 2 aliphatic rings. The zero-order chi connectivity index (χ0) is 15.1. The Morgan fingerprint density at radius 1 is 1.19 bits per heavy atom. The van der Waals surface area contributed by atoms with Gasteiger partial charge in [-0.1, -0.05) is 51.1 Å². The topological polar surface area (TPSA) is 18.5 Å². The van der Waals surface area contributed by atoms with Crippen LogP contribution in [0.2, 0.25) is 0 Å². The molecule has 114 valence electrons. The predicted molar refractivity (Wildman–Crippen MR) is 85.5 cm³/mol. The average molecular weight is 286 g/mol. The molecule has 2 nitrogen and oxygen atoms in total. The van der Waals surface area contributed by atoms with E-state index < -0.39 is 0 Å². The Labute approximate surface area is 128 Å². The molecule has 1 aromatic rings. The molecule has 0 radical (unpaired) electrons.